The lowest BCUT2D eigenvalue weighted by Gasteiger charge is -2.24. The van der Waals surface area contributed by atoms with Gasteiger partial charge in [-0.3, -0.25) is 4.79 Å². The molecule has 1 unspecified atom stereocenters. The second-order valence-electron chi connectivity index (χ2n) is 4.97. The van der Waals surface area contributed by atoms with Gasteiger partial charge in [0.25, 0.3) is 0 Å². The number of amides is 1. The van der Waals surface area contributed by atoms with Crippen LogP contribution in [0.3, 0.4) is 0 Å². The zero-order chi connectivity index (χ0) is 14.6. The third-order valence-corrected chi connectivity index (χ3v) is 4.44. The van der Waals surface area contributed by atoms with Crippen LogP contribution in [0.25, 0.3) is 0 Å². The number of nitrogens with one attached hydrogen (secondary N) is 1. The predicted molar refractivity (Wildman–Crippen MR) is 83.5 cm³/mol. The highest BCUT2D eigenvalue weighted by Crippen LogP contribution is 2.20. The minimum atomic E-state index is -1.01. The second-order valence-corrected chi connectivity index (χ2v) is 5.97. The number of benzene rings is 1. The highest BCUT2D eigenvalue weighted by molar-refractivity contribution is 7.10. The monoisotopic (exact) mass is 288 g/mol. The SMILES string of the molecule is CCc1ccsc1CNC(=O)C(C)(N)c1ccccc1. The van der Waals surface area contributed by atoms with Crippen LogP contribution in [0.15, 0.2) is 41.8 Å². The number of nitrogens with two attached hydrogens (primary N) is 1. The van der Waals surface area contributed by atoms with Crippen LogP contribution in [-0.4, -0.2) is 5.91 Å². The van der Waals surface area contributed by atoms with Crippen molar-refractivity contribution in [3.05, 3.63) is 57.8 Å². The van der Waals surface area contributed by atoms with Crippen LogP contribution in [0.4, 0.5) is 0 Å². The molecule has 0 bridgehead atoms. The minimum Gasteiger partial charge on any atom is -0.349 e. The summed E-state index contributed by atoms with van der Waals surface area (Å²) in [6.45, 7) is 4.40. The van der Waals surface area contributed by atoms with E-state index in [1.54, 1.807) is 18.3 Å². The van der Waals surface area contributed by atoms with Crippen molar-refractivity contribution < 1.29 is 4.79 Å². The van der Waals surface area contributed by atoms with Crippen molar-refractivity contribution in [1.82, 2.24) is 5.32 Å². The van der Waals surface area contributed by atoms with Gasteiger partial charge >= 0.3 is 0 Å². The maximum absolute atomic E-state index is 12.3. The van der Waals surface area contributed by atoms with E-state index in [1.165, 1.54) is 10.4 Å². The van der Waals surface area contributed by atoms with Crippen LogP contribution in [-0.2, 0) is 23.3 Å². The number of aryl methyl sites for hydroxylation is 1. The summed E-state index contributed by atoms with van der Waals surface area (Å²) in [5.41, 5.74) is 7.28. The predicted octanol–water partition coefficient (Wildman–Crippen LogP) is 2.80. The van der Waals surface area contributed by atoms with Crippen LogP contribution in [0.2, 0.25) is 0 Å². The van der Waals surface area contributed by atoms with Gasteiger partial charge in [-0.25, -0.2) is 0 Å². The van der Waals surface area contributed by atoms with E-state index >= 15 is 0 Å². The average Bonchev–Trinajstić information content (AvgIpc) is 2.93. The highest BCUT2D eigenvalue weighted by Gasteiger charge is 2.30. The number of carbonyl (C=O) groups excluding carboxylic acids is 1. The Bertz CT molecular complexity index is 575. The van der Waals surface area contributed by atoms with E-state index in [4.69, 9.17) is 5.73 Å². The van der Waals surface area contributed by atoms with Crippen LogP contribution in [0.1, 0.15) is 29.9 Å². The van der Waals surface area contributed by atoms with Gasteiger partial charge in [0.1, 0.15) is 5.54 Å². The molecule has 0 radical (unpaired) electrons. The fraction of sp³-hybridized carbons (Fsp3) is 0.312. The van der Waals surface area contributed by atoms with Gasteiger partial charge in [0.2, 0.25) is 5.91 Å². The normalized spacial score (nSPS) is 13.8. The summed E-state index contributed by atoms with van der Waals surface area (Å²) < 4.78 is 0. The molecule has 1 amide bonds. The Hall–Kier alpha value is -1.65. The minimum absolute atomic E-state index is 0.154. The first-order chi connectivity index (χ1) is 9.55. The molecule has 0 aliphatic heterocycles. The largest absolute Gasteiger partial charge is 0.349 e. The third kappa shape index (κ3) is 3.08. The lowest BCUT2D eigenvalue weighted by atomic mass is 9.92. The van der Waals surface area contributed by atoms with E-state index in [2.05, 4.69) is 23.7 Å². The van der Waals surface area contributed by atoms with E-state index in [-0.39, 0.29) is 5.91 Å². The molecule has 1 aromatic carbocycles. The molecular formula is C16H20N2OS. The topological polar surface area (TPSA) is 55.1 Å². The Labute approximate surface area is 123 Å². The number of carbonyl (C=O) groups is 1. The molecule has 3 nitrogen and oxygen atoms in total. The van der Waals surface area contributed by atoms with Crippen molar-refractivity contribution in [2.45, 2.75) is 32.4 Å². The van der Waals surface area contributed by atoms with Crippen LogP contribution < -0.4 is 11.1 Å². The van der Waals surface area contributed by atoms with Crippen molar-refractivity contribution in [1.29, 1.82) is 0 Å². The van der Waals surface area contributed by atoms with Crippen molar-refractivity contribution >= 4 is 17.2 Å². The molecule has 106 valence electrons. The maximum Gasteiger partial charge on any atom is 0.244 e. The number of rotatable bonds is 5. The first-order valence-corrected chi connectivity index (χ1v) is 7.61. The Morgan fingerprint density at radius 1 is 1.30 bits per heavy atom. The standard InChI is InChI=1S/C16H20N2OS/c1-3-12-9-10-20-14(12)11-18-15(19)16(2,17)13-7-5-4-6-8-13/h4-10H,3,11,17H2,1-2H3,(H,18,19). The third-order valence-electron chi connectivity index (χ3n) is 3.47. The van der Waals surface area contributed by atoms with Gasteiger partial charge in [0.15, 0.2) is 0 Å². The summed E-state index contributed by atoms with van der Waals surface area (Å²) in [6.07, 6.45) is 0.979. The van der Waals surface area contributed by atoms with Crippen LogP contribution in [0, 0.1) is 0 Å². The summed E-state index contributed by atoms with van der Waals surface area (Å²) in [7, 11) is 0. The molecule has 0 saturated carbocycles. The molecule has 1 atom stereocenters. The fourth-order valence-electron chi connectivity index (χ4n) is 2.10. The number of hydrogen-bond acceptors (Lipinski definition) is 3. The van der Waals surface area contributed by atoms with Crippen molar-refractivity contribution in [3.8, 4) is 0 Å². The van der Waals surface area contributed by atoms with Gasteiger partial charge in [0.05, 0.1) is 6.54 Å². The molecule has 0 aliphatic rings. The van der Waals surface area contributed by atoms with Crippen LogP contribution >= 0.6 is 11.3 Å². The van der Waals surface area contributed by atoms with Gasteiger partial charge in [-0.05, 0) is 35.9 Å². The molecule has 0 spiro atoms. The van der Waals surface area contributed by atoms with E-state index < -0.39 is 5.54 Å². The lowest BCUT2D eigenvalue weighted by Crippen LogP contribution is -2.48. The summed E-state index contributed by atoms with van der Waals surface area (Å²) in [4.78, 5) is 13.5. The Morgan fingerprint density at radius 2 is 2.00 bits per heavy atom. The Kier molecular flexibility index (Phi) is 4.57. The van der Waals surface area contributed by atoms with Crippen molar-refractivity contribution in [3.63, 3.8) is 0 Å². The smallest absolute Gasteiger partial charge is 0.244 e. The lowest BCUT2D eigenvalue weighted by molar-refractivity contribution is -0.126. The molecule has 2 rings (SSSR count). The molecule has 20 heavy (non-hydrogen) atoms. The molecule has 4 heteroatoms. The molecule has 0 aliphatic carbocycles. The van der Waals surface area contributed by atoms with E-state index in [0.717, 1.165) is 12.0 Å². The Morgan fingerprint density at radius 3 is 2.65 bits per heavy atom. The highest BCUT2D eigenvalue weighted by atomic mass is 32.1. The van der Waals surface area contributed by atoms with Gasteiger partial charge < -0.3 is 11.1 Å². The quantitative estimate of drug-likeness (QED) is 0.889. The molecule has 0 fully saturated rings. The van der Waals surface area contributed by atoms with Crippen molar-refractivity contribution in [2.75, 3.05) is 0 Å². The van der Waals surface area contributed by atoms with E-state index in [0.29, 0.717) is 6.54 Å². The first kappa shape index (κ1) is 14.8. The first-order valence-electron chi connectivity index (χ1n) is 6.73. The number of thiophene rings is 1. The molecule has 1 aromatic heterocycles. The molecular weight excluding hydrogens is 268 g/mol. The molecule has 0 saturated heterocycles. The van der Waals surface area contributed by atoms with Gasteiger partial charge in [-0.1, -0.05) is 37.3 Å². The average molecular weight is 288 g/mol. The van der Waals surface area contributed by atoms with Gasteiger partial charge in [-0.15, -0.1) is 11.3 Å². The Balaban J connectivity index is 2.05. The summed E-state index contributed by atoms with van der Waals surface area (Å²) >= 11 is 1.67. The molecule has 3 N–H and O–H groups in total. The fourth-order valence-corrected chi connectivity index (χ4v) is 3.01. The number of hydrogen-bond donors (Lipinski definition) is 2. The van der Waals surface area contributed by atoms with Crippen molar-refractivity contribution in [2.24, 2.45) is 5.73 Å². The van der Waals surface area contributed by atoms with Crippen LogP contribution in [0.5, 0.6) is 0 Å². The molecule has 2 aromatic rings. The van der Waals surface area contributed by atoms with Gasteiger partial charge in [0, 0.05) is 4.88 Å². The summed E-state index contributed by atoms with van der Waals surface area (Å²) in [5.74, 6) is -0.154. The zero-order valence-electron chi connectivity index (χ0n) is 11.8. The van der Waals surface area contributed by atoms with E-state index in [9.17, 15) is 4.79 Å². The van der Waals surface area contributed by atoms with Gasteiger partial charge in [-0.2, -0.15) is 0 Å². The van der Waals surface area contributed by atoms with E-state index in [1.807, 2.05) is 30.3 Å². The maximum atomic E-state index is 12.3. The summed E-state index contributed by atoms with van der Waals surface area (Å²) in [5, 5.41) is 5.00. The zero-order valence-corrected chi connectivity index (χ0v) is 12.7. The molecule has 1 heterocycles. The second kappa shape index (κ2) is 6.20. The summed E-state index contributed by atoms with van der Waals surface area (Å²) in [6, 6.07) is 11.6.